The van der Waals surface area contributed by atoms with Crippen LogP contribution in [0.5, 0.6) is 0 Å². The molecule has 1 aromatic rings. The molecule has 0 bridgehead atoms. The van der Waals surface area contributed by atoms with Crippen LogP contribution < -0.4 is 11.1 Å². The molecule has 1 aliphatic heterocycles. The second-order valence-electron chi connectivity index (χ2n) is 4.83. The molecule has 7 heteroatoms. The van der Waals surface area contributed by atoms with Crippen molar-refractivity contribution in [2.45, 2.75) is 6.92 Å². The molecule has 0 spiro atoms. The van der Waals surface area contributed by atoms with Crippen molar-refractivity contribution >= 4 is 29.1 Å². The molecule has 3 N–H and O–H groups in total. The van der Waals surface area contributed by atoms with Crippen molar-refractivity contribution in [3.8, 4) is 0 Å². The molecule has 0 aliphatic carbocycles. The number of nitrogen functional groups attached to an aromatic ring is 1. The van der Waals surface area contributed by atoms with Crippen molar-refractivity contribution in [1.29, 1.82) is 0 Å². The van der Waals surface area contributed by atoms with Gasteiger partial charge in [0.05, 0.1) is 6.54 Å². The van der Waals surface area contributed by atoms with E-state index >= 15 is 0 Å². The zero-order valence-electron chi connectivity index (χ0n) is 11.8. The standard InChI is InChI=1S/C14H18N4O3/c1-2-17-8-14(21)18(9-13(17)20)7-12(19)16-11-5-3-4-10(15)6-11/h3-6H,2,7-9,15H2,1H3,(H,16,19). The number of benzene rings is 1. The molecule has 1 saturated heterocycles. The van der Waals surface area contributed by atoms with Gasteiger partial charge in [0.1, 0.15) is 13.1 Å². The van der Waals surface area contributed by atoms with Crippen molar-refractivity contribution in [2.75, 3.05) is 37.2 Å². The molecule has 1 aromatic carbocycles. The van der Waals surface area contributed by atoms with Crippen molar-refractivity contribution in [2.24, 2.45) is 0 Å². The summed E-state index contributed by atoms with van der Waals surface area (Å²) in [5.41, 5.74) is 6.72. The van der Waals surface area contributed by atoms with E-state index < -0.39 is 0 Å². The number of piperazine rings is 1. The third-order valence-electron chi connectivity index (χ3n) is 3.24. The first-order valence-corrected chi connectivity index (χ1v) is 6.70. The van der Waals surface area contributed by atoms with Gasteiger partial charge < -0.3 is 20.9 Å². The molecule has 112 valence electrons. The van der Waals surface area contributed by atoms with Crippen molar-refractivity contribution in [1.82, 2.24) is 9.80 Å². The van der Waals surface area contributed by atoms with Gasteiger partial charge in [-0.25, -0.2) is 0 Å². The van der Waals surface area contributed by atoms with E-state index in [9.17, 15) is 14.4 Å². The van der Waals surface area contributed by atoms with Gasteiger partial charge in [0.25, 0.3) is 0 Å². The van der Waals surface area contributed by atoms with Crippen LogP contribution in [0.15, 0.2) is 24.3 Å². The summed E-state index contributed by atoms with van der Waals surface area (Å²) >= 11 is 0. The Morgan fingerprint density at radius 2 is 1.90 bits per heavy atom. The van der Waals surface area contributed by atoms with Gasteiger partial charge in [-0.2, -0.15) is 0 Å². The van der Waals surface area contributed by atoms with E-state index in [1.165, 1.54) is 9.80 Å². The third-order valence-corrected chi connectivity index (χ3v) is 3.24. The predicted molar refractivity (Wildman–Crippen MR) is 78.3 cm³/mol. The summed E-state index contributed by atoms with van der Waals surface area (Å²) in [6, 6.07) is 6.76. The largest absolute Gasteiger partial charge is 0.399 e. The zero-order chi connectivity index (χ0) is 15.4. The van der Waals surface area contributed by atoms with Crippen LogP contribution in [0.25, 0.3) is 0 Å². The quantitative estimate of drug-likeness (QED) is 0.757. The maximum Gasteiger partial charge on any atom is 0.244 e. The number of anilines is 2. The maximum atomic E-state index is 11.9. The fourth-order valence-corrected chi connectivity index (χ4v) is 2.13. The molecule has 0 unspecified atom stereocenters. The van der Waals surface area contributed by atoms with Crippen LogP contribution >= 0.6 is 0 Å². The lowest BCUT2D eigenvalue weighted by Gasteiger charge is -2.32. The molecule has 2 rings (SSSR count). The fourth-order valence-electron chi connectivity index (χ4n) is 2.13. The lowest BCUT2D eigenvalue weighted by Crippen LogP contribution is -2.55. The highest BCUT2D eigenvalue weighted by atomic mass is 16.2. The van der Waals surface area contributed by atoms with Gasteiger partial charge in [-0.1, -0.05) is 6.07 Å². The van der Waals surface area contributed by atoms with Gasteiger partial charge >= 0.3 is 0 Å². The second kappa shape index (κ2) is 6.25. The summed E-state index contributed by atoms with van der Waals surface area (Å²) in [6.45, 7) is 2.14. The third kappa shape index (κ3) is 3.71. The number of hydrogen-bond donors (Lipinski definition) is 2. The van der Waals surface area contributed by atoms with Crippen LogP contribution in [0.1, 0.15) is 6.92 Å². The molecule has 0 aromatic heterocycles. The topological polar surface area (TPSA) is 95.7 Å². The summed E-state index contributed by atoms with van der Waals surface area (Å²) in [7, 11) is 0. The Labute approximate surface area is 122 Å². The summed E-state index contributed by atoms with van der Waals surface area (Å²) in [4.78, 5) is 38.3. The van der Waals surface area contributed by atoms with Gasteiger partial charge in [0, 0.05) is 17.9 Å². The first-order valence-electron chi connectivity index (χ1n) is 6.70. The van der Waals surface area contributed by atoms with E-state index in [4.69, 9.17) is 5.73 Å². The molecule has 1 heterocycles. The maximum absolute atomic E-state index is 11.9. The summed E-state index contributed by atoms with van der Waals surface area (Å²) < 4.78 is 0. The highest BCUT2D eigenvalue weighted by Gasteiger charge is 2.29. The Morgan fingerprint density at radius 1 is 1.24 bits per heavy atom. The van der Waals surface area contributed by atoms with Crippen LogP contribution in [-0.2, 0) is 14.4 Å². The van der Waals surface area contributed by atoms with E-state index in [1.807, 2.05) is 6.92 Å². The van der Waals surface area contributed by atoms with E-state index in [2.05, 4.69) is 5.32 Å². The molecule has 1 fully saturated rings. The van der Waals surface area contributed by atoms with Gasteiger partial charge in [-0.15, -0.1) is 0 Å². The summed E-state index contributed by atoms with van der Waals surface area (Å²) in [5, 5.41) is 2.65. The minimum absolute atomic E-state index is 0.0287. The normalized spacial score (nSPS) is 15.3. The highest BCUT2D eigenvalue weighted by molar-refractivity contribution is 5.98. The van der Waals surface area contributed by atoms with Crippen LogP contribution in [0.2, 0.25) is 0 Å². The van der Waals surface area contributed by atoms with E-state index in [1.54, 1.807) is 24.3 Å². The summed E-state index contributed by atoms with van der Waals surface area (Å²) in [6.07, 6.45) is 0. The average Bonchev–Trinajstić information content (AvgIpc) is 2.42. The van der Waals surface area contributed by atoms with Crippen molar-refractivity contribution in [3.63, 3.8) is 0 Å². The first-order chi connectivity index (χ1) is 9.99. The zero-order valence-corrected chi connectivity index (χ0v) is 11.8. The number of carbonyl (C=O) groups is 3. The number of carbonyl (C=O) groups excluding carboxylic acids is 3. The van der Waals surface area contributed by atoms with Crippen LogP contribution in [0.4, 0.5) is 11.4 Å². The molecule has 7 nitrogen and oxygen atoms in total. The minimum Gasteiger partial charge on any atom is -0.399 e. The molecular formula is C14H18N4O3. The molecule has 3 amide bonds. The lowest BCUT2D eigenvalue weighted by molar-refractivity contribution is -0.150. The monoisotopic (exact) mass is 290 g/mol. The molecule has 21 heavy (non-hydrogen) atoms. The van der Waals surface area contributed by atoms with Gasteiger partial charge in [0.15, 0.2) is 0 Å². The number of rotatable bonds is 4. The molecule has 0 atom stereocenters. The molecule has 0 saturated carbocycles. The molecule has 1 aliphatic rings. The number of hydrogen-bond acceptors (Lipinski definition) is 4. The number of nitrogens with zero attached hydrogens (tertiary/aromatic N) is 2. The highest BCUT2D eigenvalue weighted by Crippen LogP contribution is 2.12. The van der Waals surface area contributed by atoms with Crippen LogP contribution in [-0.4, -0.2) is 53.7 Å². The minimum atomic E-state index is -0.355. The van der Waals surface area contributed by atoms with Crippen molar-refractivity contribution < 1.29 is 14.4 Å². The lowest BCUT2D eigenvalue weighted by atomic mass is 10.2. The van der Waals surface area contributed by atoms with E-state index in [0.717, 1.165) is 0 Å². The van der Waals surface area contributed by atoms with Crippen LogP contribution in [0, 0.1) is 0 Å². The average molecular weight is 290 g/mol. The van der Waals surface area contributed by atoms with Gasteiger partial charge in [-0.05, 0) is 25.1 Å². The Balaban J connectivity index is 1.94. The molecule has 0 radical (unpaired) electrons. The van der Waals surface area contributed by atoms with Crippen molar-refractivity contribution in [3.05, 3.63) is 24.3 Å². The number of nitrogens with two attached hydrogens (primary N) is 1. The predicted octanol–water partition coefficient (Wildman–Crippen LogP) is -0.102. The smallest absolute Gasteiger partial charge is 0.244 e. The van der Waals surface area contributed by atoms with Gasteiger partial charge in [0.2, 0.25) is 17.7 Å². The second-order valence-corrected chi connectivity index (χ2v) is 4.83. The number of amides is 3. The summed E-state index contributed by atoms with van der Waals surface area (Å²) in [5.74, 6) is -0.722. The number of likely N-dealkylation sites (N-methyl/N-ethyl adjacent to an activating group) is 1. The van der Waals surface area contributed by atoms with Gasteiger partial charge in [-0.3, -0.25) is 14.4 Å². The number of nitrogens with one attached hydrogen (secondary N) is 1. The Kier molecular flexibility index (Phi) is 4.42. The van der Waals surface area contributed by atoms with Crippen LogP contribution in [0.3, 0.4) is 0 Å². The fraction of sp³-hybridized carbons (Fsp3) is 0.357. The molecular weight excluding hydrogens is 272 g/mol. The first kappa shape index (κ1) is 14.8. The van der Waals surface area contributed by atoms with E-state index in [-0.39, 0.29) is 37.4 Å². The Morgan fingerprint density at radius 3 is 2.57 bits per heavy atom. The Bertz CT molecular complexity index is 573. The Hall–Kier alpha value is -2.57. The van der Waals surface area contributed by atoms with E-state index in [0.29, 0.717) is 17.9 Å². The SMILES string of the molecule is CCN1CC(=O)N(CC(=O)Nc2cccc(N)c2)CC1=O.